The fourth-order valence-corrected chi connectivity index (χ4v) is 1.65. The van der Waals surface area contributed by atoms with Crippen LogP contribution in [0.5, 0.6) is 0 Å². The van der Waals surface area contributed by atoms with Crippen molar-refractivity contribution in [3.63, 3.8) is 0 Å². The van der Waals surface area contributed by atoms with Crippen molar-refractivity contribution in [2.45, 2.75) is 19.4 Å². The quantitative estimate of drug-likeness (QED) is 0.345. The number of hydrogen-bond acceptors (Lipinski definition) is 6. The summed E-state index contributed by atoms with van der Waals surface area (Å²) in [6.07, 6.45) is 3.26. The smallest absolute Gasteiger partial charge is 0.330 e. The number of aliphatic hydroxyl groups is 1. The van der Waals surface area contributed by atoms with E-state index in [1.165, 1.54) is 25.3 Å². The number of rotatable bonds is 7. The van der Waals surface area contributed by atoms with E-state index in [2.05, 4.69) is 10.1 Å². The van der Waals surface area contributed by atoms with Crippen molar-refractivity contribution in [3.05, 3.63) is 40.0 Å². The fourth-order valence-electron chi connectivity index (χ4n) is 1.65. The molecule has 114 valence electrons. The Morgan fingerprint density at radius 1 is 1.57 bits per heavy atom. The first-order valence-electron chi connectivity index (χ1n) is 6.43. The Morgan fingerprint density at radius 3 is 2.81 bits per heavy atom. The molecule has 0 heterocycles. The van der Waals surface area contributed by atoms with E-state index in [0.717, 1.165) is 0 Å². The third-order valence-corrected chi connectivity index (χ3v) is 2.90. The maximum absolute atomic E-state index is 11.1. The van der Waals surface area contributed by atoms with E-state index in [4.69, 9.17) is 5.11 Å². The Kier molecular flexibility index (Phi) is 6.35. The van der Waals surface area contributed by atoms with Crippen LogP contribution in [-0.4, -0.2) is 35.8 Å². The zero-order chi connectivity index (χ0) is 15.8. The summed E-state index contributed by atoms with van der Waals surface area (Å²) in [7, 11) is 1.25. The summed E-state index contributed by atoms with van der Waals surface area (Å²) in [5.41, 5.74) is 0.722. The number of methoxy groups -OCH3 is 1. The van der Waals surface area contributed by atoms with Crippen molar-refractivity contribution >= 4 is 23.4 Å². The highest BCUT2D eigenvalue weighted by molar-refractivity contribution is 5.87. The third-order valence-electron chi connectivity index (χ3n) is 2.90. The van der Waals surface area contributed by atoms with Gasteiger partial charge in [-0.15, -0.1) is 0 Å². The zero-order valence-corrected chi connectivity index (χ0v) is 11.9. The summed E-state index contributed by atoms with van der Waals surface area (Å²) in [6, 6.07) is 4.29. The molecule has 0 aliphatic rings. The maximum Gasteiger partial charge on any atom is 0.330 e. The number of nitrogens with one attached hydrogen (secondary N) is 1. The molecule has 0 aliphatic carbocycles. The van der Waals surface area contributed by atoms with E-state index >= 15 is 0 Å². The lowest BCUT2D eigenvalue weighted by Gasteiger charge is -2.15. The summed E-state index contributed by atoms with van der Waals surface area (Å²) < 4.78 is 4.46. The SMILES string of the molecule is CCC(CO)Nc1ccc(/C=C/C(=O)OC)cc1[N+](=O)[O-]. The van der Waals surface area contributed by atoms with Gasteiger partial charge in [0.05, 0.1) is 18.6 Å². The predicted octanol–water partition coefficient (Wildman–Crippen LogP) is 1.96. The first-order valence-corrected chi connectivity index (χ1v) is 6.43. The van der Waals surface area contributed by atoms with Crippen LogP contribution in [0.1, 0.15) is 18.9 Å². The largest absolute Gasteiger partial charge is 0.466 e. The highest BCUT2D eigenvalue weighted by atomic mass is 16.6. The summed E-state index contributed by atoms with van der Waals surface area (Å²) in [6.45, 7) is 1.75. The standard InChI is InChI=1S/C14H18N2O5/c1-3-11(9-17)15-12-6-4-10(5-7-14(18)21-2)8-13(12)16(19)20/h4-8,11,15,17H,3,9H2,1-2H3/b7-5+. The Balaban J connectivity index is 3.04. The Bertz CT molecular complexity index is 538. The average Bonchev–Trinajstić information content (AvgIpc) is 2.50. The molecule has 1 atom stereocenters. The zero-order valence-electron chi connectivity index (χ0n) is 11.9. The van der Waals surface area contributed by atoms with Crippen LogP contribution >= 0.6 is 0 Å². The molecule has 1 aromatic carbocycles. The second kappa shape index (κ2) is 8.01. The molecular formula is C14H18N2O5. The molecule has 7 heteroatoms. The van der Waals surface area contributed by atoms with Crippen LogP contribution in [0.4, 0.5) is 11.4 Å². The molecule has 1 aromatic rings. The number of hydrogen-bond donors (Lipinski definition) is 2. The average molecular weight is 294 g/mol. The molecule has 0 saturated heterocycles. The second-order valence-electron chi connectivity index (χ2n) is 4.32. The monoisotopic (exact) mass is 294 g/mol. The van der Waals surface area contributed by atoms with Gasteiger partial charge in [0.15, 0.2) is 0 Å². The summed E-state index contributed by atoms with van der Waals surface area (Å²) in [5.74, 6) is -0.536. The molecular weight excluding hydrogens is 276 g/mol. The highest BCUT2D eigenvalue weighted by Crippen LogP contribution is 2.27. The van der Waals surface area contributed by atoms with E-state index in [1.54, 1.807) is 12.1 Å². The molecule has 21 heavy (non-hydrogen) atoms. The summed E-state index contributed by atoms with van der Waals surface area (Å²) in [4.78, 5) is 21.6. The minimum atomic E-state index is -0.536. The lowest BCUT2D eigenvalue weighted by Crippen LogP contribution is -2.23. The number of ether oxygens (including phenoxy) is 1. The predicted molar refractivity (Wildman–Crippen MR) is 78.9 cm³/mol. The molecule has 7 nitrogen and oxygen atoms in total. The first kappa shape index (κ1) is 16.6. The van der Waals surface area contributed by atoms with Gasteiger partial charge in [-0.2, -0.15) is 0 Å². The molecule has 1 unspecified atom stereocenters. The van der Waals surface area contributed by atoms with Crippen LogP contribution in [0.2, 0.25) is 0 Å². The summed E-state index contributed by atoms with van der Waals surface area (Å²) in [5, 5.41) is 23.2. The number of benzene rings is 1. The molecule has 1 rings (SSSR count). The lowest BCUT2D eigenvalue weighted by atomic mass is 10.1. The molecule has 0 radical (unpaired) electrons. The molecule has 0 bridgehead atoms. The van der Waals surface area contributed by atoms with Gasteiger partial charge >= 0.3 is 5.97 Å². The number of carbonyl (C=O) groups is 1. The molecule has 2 N–H and O–H groups in total. The number of anilines is 1. The number of nitrogens with zero attached hydrogens (tertiary/aromatic N) is 1. The van der Waals surface area contributed by atoms with Crippen LogP contribution in [-0.2, 0) is 9.53 Å². The van der Waals surface area contributed by atoms with Crippen LogP contribution in [0.15, 0.2) is 24.3 Å². The van der Waals surface area contributed by atoms with Crippen LogP contribution in [0.3, 0.4) is 0 Å². The molecule has 0 saturated carbocycles. The van der Waals surface area contributed by atoms with E-state index in [0.29, 0.717) is 17.7 Å². The number of nitro groups is 1. The Hall–Kier alpha value is -2.41. The van der Waals surface area contributed by atoms with Gasteiger partial charge < -0.3 is 15.2 Å². The van der Waals surface area contributed by atoms with Gasteiger partial charge in [0.1, 0.15) is 5.69 Å². The van der Waals surface area contributed by atoms with Crippen molar-refractivity contribution in [1.29, 1.82) is 0 Å². The number of esters is 1. The van der Waals surface area contributed by atoms with Crippen LogP contribution in [0.25, 0.3) is 6.08 Å². The van der Waals surface area contributed by atoms with Gasteiger partial charge in [0.2, 0.25) is 0 Å². The molecule has 0 aromatic heterocycles. The minimum Gasteiger partial charge on any atom is -0.466 e. The van der Waals surface area contributed by atoms with Gasteiger partial charge in [-0.25, -0.2) is 4.79 Å². The number of nitro benzene ring substituents is 1. The van der Waals surface area contributed by atoms with E-state index in [9.17, 15) is 14.9 Å². The second-order valence-corrected chi connectivity index (χ2v) is 4.32. The van der Waals surface area contributed by atoms with E-state index in [-0.39, 0.29) is 18.3 Å². The maximum atomic E-state index is 11.1. The number of aliphatic hydroxyl groups excluding tert-OH is 1. The van der Waals surface area contributed by atoms with Crippen molar-refractivity contribution < 1.29 is 19.6 Å². The minimum absolute atomic E-state index is 0.113. The van der Waals surface area contributed by atoms with Gasteiger partial charge in [-0.3, -0.25) is 10.1 Å². The number of carbonyl (C=O) groups excluding carboxylic acids is 1. The van der Waals surface area contributed by atoms with Crippen molar-refractivity contribution in [2.24, 2.45) is 0 Å². The topological polar surface area (TPSA) is 102 Å². The first-order chi connectivity index (χ1) is 10.0. The molecule has 0 amide bonds. The van der Waals surface area contributed by atoms with E-state index < -0.39 is 10.9 Å². The lowest BCUT2D eigenvalue weighted by molar-refractivity contribution is -0.384. The van der Waals surface area contributed by atoms with E-state index in [1.807, 2.05) is 6.92 Å². The van der Waals surface area contributed by atoms with Crippen molar-refractivity contribution in [2.75, 3.05) is 19.0 Å². The van der Waals surface area contributed by atoms with Crippen molar-refractivity contribution in [1.82, 2.24) is 0 Å². The van der Waals surface area contributed by atoms with Gasteiger partial charge in [0, 0.05) is 18.2 Å². The van der Waals surface area contributed by atoms with Crippen molar-refractivity contribution in [3.8, 4) is 0 Å². The molecule has 0 aliphatic heterocycles. The van der Waals surface area contributed by atoms with Gasteiger partial charge in [-0.1, -0.05) is 13.0 Å². The fraction of sp³-hybridized carbons (Fsp3) is 0.357. The van der Waals surface area contributed by atoms with Gasteiger partial charge in [-0.05, 0) is 24.1 Å². The van der Waals surface area contributed by atoms with Crippen LogP contribution in [0, 0.1) is 10.1 Å². The Labute approximate surface area is 122 Å². The van der Waals surface area contributed by atoms with Crippen LogP contribution < -0.4 is 5.32 Å². The molecule has 0 fully saturated rings. The highest BCUT2D eigenvalue weighted by Gasteiger charge is 2.16. The Morgan fingerprint density at radius 2 is 2.29 bits per heavy atom. The molecule has 0 spiro atoms. The van der Waals surface area contributed by atoms with Gasteiger partial charge in [0.25, 0.3) is 5.69 Å². The normalized spacial score (nSPS) is 12.1. The third kappa shape index (κ3) is 4.88. The summed E-state index contributed by atoms with van der Waals surface area (Å²) >= 11 is 0.